The zero-order valence-corrected chi connectivity index (χ0v) is 17.8. The van der Waals surface area contributed by atoms with Crippen LogP contribution < -0.4 is 5.32 Å². The fourth-order valence-corrected chi connectivity index (χ4v) is 4.27. The first kappa shape index (κ1) is 21.2. The van der Waals surface area contributed by atoms with Crippen molar-refractivity contribution in [3.63, 3.8) is 0 Å². The van der Waals surface area contributed by atoms with Gasteiger partial charge in [0, 0.05) is 31.6 Å². The van der Waals surface area contributed by atoms with E-state index in [0.29, 0.717) is 42.1 Å². The number of pyridine rings is 1. The quantitative estimate of drug-likeness (QED) is 0.381. The summed E-state index contributed by atoms with van der Waals surface area (Å²) in [6.07, 6.45) is 1.70. The Bertz CT molecular complexity index is 931. The molecule has 1 N–H and O–H groups in total. The average molecular weight is 431 g/mol. The molecule has 3 rings (SSSR count). The van der Waals surface area contributed by atoms with Crippen LogP contribution in [0.25, 0.3) is 5.57 Å². The van der Waals surface area contributed by atoms with E-state index in [9.17, 15) is 10.1 Å². The molecule has 152 valence electrons. The number of halogens is 1. The molecule has 1 saturated heterocycles. The molecule has 1 aliphatic rings. The highest BCUT2D eigenvalue weighted by Crippen LogP contribution is 2.25. The highest BCUT2D eigenvalue weighted by atomic mass is 35.5. The van der Waals surface area contributed by atoms with Crippen molar-refractivity contribution in [2.45, 2.75) is 13.5 Å². The van der Waals surface area contributed by atoms with Crippen molar-refractivity contribution in [2.24, 2.45) is 0 Å². The van der Waals surface area contributed by atoms with Gasteiger partial charge in [0.2, 0.25) is 0 Å². The van der Waals surface area contributed by atoms with Crippen LogP contribution in [0.2, 0.25) is 5.15 Å². The number of aromatic nitrogens is 1. The molecule has 0 atom stereocenters. The molecule has 6 nitrogen and oxygen atoms in total. The van der Waals surface area contributed by atoms with Gasteiger partial charge in [-0.1, -0.05) is 48.5 Å². The van der Waals surface area contributed by atoms with Gasteiger partial charge in [0.05, 0.1) is 10.7 Å². The number of aryl methyl sites for hydroxylation is 1. The second-order valence-corrected chi connectivity index (χ2v) is 8.17. The minimum atomic E-state index is -0.287. The summed E-state index contributed by atoms with van der Waals surface area (Å²) in [6, 6.07) is 11.7. The van der Waals surface area contributed by atoms with Crippen molar-refractivity contribution in [1.82, 2.24) is 15.2 Å². The van der Waals surface area contributed by atoms with Crippen molar-refractivity contribution in [3.8, 4) is 0 Å². The largest absolute Gasteiger partial charge is 0.365 e. The van der Waals surface area contributed by atoms with Gasteiger partial charge < -0.3 is 10.2 Å². The van der Waals surface area contributed by atoms with E-state index in [-0.39, 0.29) is 10.6 Å². The zero-order chi connectivity index (χ0) is 20.8. The van der Waals surface area contributed by atoms with E-state index in [4.69, 9.17) is 11.6 Å². The Kier molecular flexibility index (Phi) is 7.17. The van der Waals surface area contributed by atoms with Gasteiger partial charge in [0.25, 0.3) is 5.70 Å². The molecule has 0 bridgehead atoms. The maximum atomic E-state index is 11.7. The average Bonchev–Trinajstić information content (AvgIpc) is 3.14. The minimum absolute atomic E-state index is 0.187. The molecule has 0 spiro atoms. The number of nitro groups is 1. The predicted molar refractivity (Wildman–Crippen MR) is 119 cm³/mol. The lowest BCUT2D eigenvalue weighted by atomic mass is 10.0. The van der Waals surface area contributed by atoms with E-state index in [1.54, 1.807) is 12.3 Å². The molecule has 2 heterocycles. The Morgan fingerprint density at radius 2 is 2.14 bits per heavy atom. The summed E-state index contributed by atoms with van der Waals surface area (Å²) in [4.78, 5) is 17.5. The highest BCUT2D eigenvalue weighted by molar-refractivity contribution is 7.99. The summed E-state index contributed by atoms with van der Waals surface area (Å²) in [6.45, 7) is 8.12. The number of nitrogens with zero attached hydrogens (tertiary/aromatic N) is 3. The third-order valence-corrected chi connectivity index (χ3v) is 5.94. The summed E-state index contributed by atoms with van der Waals surface area (Å²) in [5.41, 5.74) is 4.38. The Morgan fingerprint density at radius 1 is 1.34 bits per heavy atom. The number of hydrogen-bond donors (Lipinski definition) is 1. The molecule has 8 heteroatoms. The highest BCUT2D eigenvalue weighted by Gasteiger charge is 2.28. The molecule has 0 aliphatic carbocycles. The van der Waals surface area contributed by atoms with Crippen molar-refractivity contribution in [2.75, 3.05) is 24.6 Å². The van der Waals surface area contributed by atoms with Crippen molar-refractivity contribution < 1.29 is 4.92 Å². The van der Waals surface area contributed by atoms with E-state index in [0.717, 1.165) is 22.3 Å². The Balaban J connectivity index is 1.68. The molecule has 1 aromatic heterocycles. The summed E-state index contributed by atoms with van der Waals surface area (Å²) in [7, 11) is 0. The maximum absolute atomic E-state index is 11.7. The second-order valence-electron chi connectivity index (χ2n) is 6.80. The van der Waals surface area contributed by atoms with Crippen LogP contribution in [0.5, 0.6) is 0 Å². The van der Waals surface area contributed by atoms with Crippen molar-refractivity contribution in [3.05, 3.63) is 92.6 Å². The Morgan fingerprint density at radius 3 is 2.83 bits per heavy atom. The Labute approximate surface area is 179 Å². The third kappa shape index (κ3) is 5.52. The molecule has 1 aliphatic heterocycles. The van der Waals surface area contributed by atoms with Crippen molar-refractivity contribution in [1.29, 1.82) is 0 Å². The first-order valence-electron chi connectivity index (χ1n) is 9.24. The van der Waals surface area contributed by atoms with Crippen LogP contribution in [0.1, 0.15) is 16.7 Å². The number of rotatable bonds is 8. The lowest BCUT2D eigenvalue weighted by Gasteiger charge is -2.19. The van der Waals surface area contributed by atoms with Gasteiger partial charge in [-0.2, -0.15) is 0 Å². The van der Waals surface area contributed by atoms with Gasteiger partial charge in [-0.25, -0.2) is 4.98 Å². The molecule has 0 amide bonds. The number of nitrogens with one attached hydrogen (secondary N) is 1. The van der Waals surface area contributed by atoms with Gasteiger partial charge in [-0.3, -0.25) is 10.1 Å². The van der Waals surface area contributed by atoms with Gasteiger partial charge in [0.1, 0.15) is 5.15 Å². The molecule has 0 saturated carbocycles. The van der Waals surface area contributed by atoms with Crippen LogP contribution in [0.15, 0.2) is 60.7 Å². The molecule has 29 heavy (non-hydrogen) atoms. The van der Waals surface area contributed by atoms with Crippen LogP contribution in [-0.2, 0) is 6.54 Å². The normalized spacial score (nSPS) is 15.2. The molecule has 0 unspecified atom stereocenters. The number of hydrogen-bond acceptors (Lipinski definition) is 6. The smallest absolute Gasteiger partial charge is 0.295 e. The van der Waals surface area contributed by atoms with E-state index < -0.39 is 0 Å². The molecule has 1 aromatic carbocycles. The molecule has 0 radical (unpaired) electrons. The van der Waals surface area contributed by atoms with Gasteiger partial charge >= 0.3 is 0 Å². The number of benzene rings is 1. The molecule has 1 fully saturated rings. The van der Waals surface area contributed by atoms with Gasteiger partial charge in [-0.15, -0.1) is 11.8 Å². The van der Waals surface area contributed by atoms with E-state index in [1.807, 2.05) is 42.2 Å². The Hall–Kier alpha value is -2.51. The summed E-state index contributed by atoms with van der Waals surface area (Å²) in [5, 5.41) is 15.4. The van der Waals surface area contributed by atoms with Crippen LogP contribution in [0.3, 0.4) is 0 Å². The zero-order valence-electron chi connectivity index (χ0n) is 16.2. The van der Waals surface area contributed by atoms with Gasteiger partial charge in [-0.05, 0) is 35.3 Å². The van der Waals surface area contributed by atoms with E-state index >= 15 is 0 Å². The lowest BCUT2D eigenvalue weighted by Crippen LogP contribution is -2.24. The van der Waals surface area contributed by atoms with Crippen LogP contribution >= 0.6 is 23.4 Å². The van der Waals surface area contributed by atoms with E-state index in [2.05, 4.69) is 16.9 Å². The summed E-state index contributed by atoms with van der Waals surface area (Å²) < 4.78 is 0. The standard InChI is InChI=1S/C21H23ClN4O2S/c1-15-5-3-4-6-18(15)16(2)13-29-14-19(26(27)28)21-23-9-10-25(21)12-17-7-8-20(22)24-11-17/h3-8,11,23H,2,9-10,12-14H2,1H3. The van der Waals surface area contributed by atoms with Crippen LogP contribution in [0.4, 0.5) is 0 Å². The predicted octanol–water partition coefficient (Wildman–Crippen LogP) is 4.34. The first-order chi connectivity index (χ1) is 14.0. The molecular formula is C21H23ClN4O2S. The van der Waals surface area contributed by atoms with Crippen LogP contribution in [0, 0.1) is 17.0 Å². The minimum Gasteiger partial charge on any atom is -0.365 e. The fraction of sp³-hybridized carbons (Fsp3) is 0.286. The topological polar surface area (TPSA) is 71.3 Å². The lowest BCUT2D eigenvalue weighted by molar-refractivity contribution is -0.425. The molecule has 2 aromatic rings. The fourth-order valence-electron chi connectivity index (χ4n) is 3.22. The van der Waals surface area contributed by atoms with Crippen LogP contribution in [-0.4, -0.2) is 39.4 Å². The second kappa shape index (κ2) is 9.80. The van der Waals surface area contributed by atoms with E-state index in [1.165, 1.54) is 11.8 Å². The van der Waals surface area contributed by atoms with Gasteiger partial charge in [0.15, 0.2) is 5.82 Å². The molecular weight excluding hydrogens is 408 g/mol. The maximum Gasteiger partial charge on any atom is 0.295 e. The summed E-state index contributed by atoms with van der Waals surface area (Å²) in [5.74, 6) is 1.52. The number of thioether (sulfide) groups is 1. The first-order valence-corrected chi connectivity index (χ1v) is 10.8. The summed E-state index contributed by atoms with van der Waals surface area (Å²) >= 11 is 7.34. The van der Waals surface area contributed by atoms with Crippen molar-refractivity contribution >= 4 is 28.9 Å². The third-order valence-electron chi connectivity index (χ3n) is 4.69. The SMILES string of the molecule is C=C(CSCC(=C1NCCN1Cc1ccc(Cl)nc1)[N+](=O)[O-])c1ccccc1C. The monoisotopic (exact) mass is 430 g/mol.